The largest absolute Gasteiger partial charge is 0.371 e. The topological polar surface area (TPSA) is 3.24 Å². The maximum Gasteiger partial charge on any atom is 0.0428 e. The van der Waals surface area contributed by atoms with Crippen LogP contribution in [0.4, 0.5) is 5.69 Å². The summed E-state index contributed by atoms with van der Waals surface area (Å²) >= 11 is 0. The van der Waals surface area contributed by atoms with Crippen molar-refractivity contribution in [3.63, 3.8) is 0 Å². The third-order valence-electron chi connectivity index (χ3n) is 3.10. The number of rotatable bonds is 1. The van der Waals surface area contributed by atoms with E-state index in [-0.39, 0.29) is 0 Å². The molecule has 0 radical (unpaired) electrons. The van der Waals surface area contributed by atoms with Gasteiger partial charge in [-0.15, -0.1) is 0 Å². The smallest absolute Gasteiger partial charge is 0.0428 e. The molecule has 0 atom stereocenters. The average molecular weight is 219 g/mol. The number of hydrogen-bond acceptors (Lipinski definition) is 1. The van der Waals surface area contributed by atoms with Gasteiger partial charge in [0.15, 0.2) is 0 Å². The maximum absolute atomic E-state index is 2.51. The molecule has 1 nitrogen and oxygen atoms in total. The molecule has 0 N–H and O–H groups in total. The molecule has 1 aliphatic heterocycles. The van der Waals surface area contributed by atoms with Gasteiger partial charge in [-0.2, -0.15) is 0 Å². The lowest BCUT2D eigenvalue weighted by molar-refractivity contribution is 0.704. The van der Waals surface area contributed by atoms with Crippen LogP contribution >= 0.6 is 0 Å². The lowest BCUT2D eigenvalue weighted by Gasteiger charge is -2.32. The Kier molecular flexibility index (Phi) is 4.85. The first kappa shape index (κ1) is 13.1. The van der Waals surface area contributed by atoms with Crippen LogP contribution in [-0.2, 0) is 6.42 Å². The van der Waals surface area contributed by atoms with Crippen molar-refractivity contribution in [2.24, 2.45) is 0 Å². The second-order valence-electron chi connectivity index (χ2n) is 4.27. The zero-order chi connectivity index (χ0) is 12.1. The van der Waals surface area contributed by atoms with Gasteiger partial charge in [0.25, 0.3) is 0 Å². The van der Waals surface area contributed by atoms with Gasteiger partial charge in [-0.1, -0.05) is 31.5 Å². The molecule has 0 saturated heterocycles. The summed E-state index contributed by atoms with van der Waals surface area (Å²) in [6.45, 7) is 13.0. The normalized spacial score (nSPS) is 13.9. The van der Waals surface area contributed by atoms with E-state index in [0.717, 1.165) is 6.54 Å². The highest BCUT2D eigenvalue weighted by molar-refractivity contribution is 5.62. The third kappa shape index (κ3) is 2.58. The summed E-state index contributed by atoms with van der Waals surface area (Å²) in [7, 11) is 0. The predicted molar refractivity (Wildman–Crippen MR) is 73.5 cm³/mol. The highest BCUT2D eigenvalue weighted by Crippen LogP contribution is 2.31. The molecule has 1 aromatic carbocycles. The fourth-order valence-corrected chi connectivity index (χ4v) is 2.58. The standard InChI is InChI=1S/C13H19N.C2H6/c1-4-14-7-5-6-12-9-10(2)8-11(3)13(12)14;1-2/h8-9H,4-7H2,1-3H3;1-2H3. The molecule has 90 valence electrons. The molecule has 1 aromatic rings. The summed E-state index contributed by atoms with van der Waals surface area (Å²) in [4.78, 5) is 2.51. The van der Waals surface area contributed by atoms with Crippen LogP contribution in [0.5, 0.6) is 0 Å². The van der Waals surface area contributed by atoms with Crippen LogP contribution in [0.25, 0.3) is 0 Å². The molecule has 0 spiro atoms. The van der Waals surface area contributed by atoms with Crippen molar-refractivity contribution in [1.82, 2.24) is 0 Å². The number of aryl methyl sites for hydroxylation is 3. The van der Waals surface area contributed by atoms with Gasteiger partial charge < -0.3 is 4.90 Å². The monoisotopic (exact) mass is 219 g/mol. The number of benzene rings is 1. The molecule has 0 saturated carbocycles. The number of fused-ring (bicyclic) bond motifs is 1. The Morgan fingerprint density at radius 2 is 1.88 bits per heavy atom. The minimum atomic E-state index is 1.14. The minimum absolute atomic E-state index is 1.14. The van der Waals surface area contributed by atoms with Crippen LogP contribution in [0.15, 0.2) is 12.1 Å². The molecular weight excluding hydrogens is 194 g/mol. The van der Waals surface area contributed by atoms with Gasteiger partial charge in [0.05, 0.1) is 0 Å². The molecule has 1 heterocycles. The first-order valence-electron chi connectivity index (χ1n) is 6.57. The van der Waals surface area contributed by atoms with Gasteiger partial charge >= 0.3 is 0 Å². The molecule has 0 bridgehead atoms. The Bertz CT molecular complexity index is 342. The zero-order valence-corrected chi connectivity index (χ0v) is 11.4. The fraction of sp³-hybridized carbons (Fsp3) is 0.600. The second-order valence-corrected chi connectivity index (χ2v) is 4.27. The predicted octanol–water partition coefficient (Wildman–Crippen LogP) is 4.10. The van der Waals surface area contributed by atoms with E-state index in [1.165, 1.54) is 36.2 Å². The first-order chi connectivity index (χ1) is 7.72. The van der Waals surface area contributed by atoms with E-state index in [2.05, 4.69) is 37.8 Å². The third-order valence-corrected chi connectivity index (χ3v) is 3.10. The summed E-state index contributed by atoms with van der Waals surface area (Å²) in [6.07, 6.45) is 2.57. The Labute approximate surface area is 100 Å². The Balaban J connectivity index is 0.000000606. The number of hydrogen-bond donors (Lipinski definition) is 0. The lowest BCUT2D eigenvalue weighted by atomic mass is 9.96. The summed E-state index contributed by atoms with van der Waals surface area (Å²) in [5.74, 6) is 0. The Morgan fingerprint density at radius 3 is 2.50 bits per heavy atom. The van der Waals surface area contributed by atoms with E-state index < -0.39 is 0 Å². The Hall–Kier alpha value is -0.980. The van der Waals surface area contributed by atoms with Crippen LogP contribution in [0.2, 0.25) is 0 Å². The van der Waals surface area contributed by atoms with Crippen LogP contribution < -0.4 is 4.90 Å². The molecule has 16 heavy (non-hydrogen) atoms. The number of nitrogens with zero attached hydrogens (tertiary/aromatic N) is 1. The highest BCUT2D eigenvalue weighted by atomic mass is 15.1. The molecule has 0 fully saturated rings. The zero-order valence-electron chi connectivity index (χ0n) is 11.4. The van der Waals surface area contributed by atoms with E-state index in [0.29, 0.717) is 0 Å². The molecule has 0 unspecified atom stereocenters. The van der Waals surface area contributed by atoms with Gasteiger partial charge in [0.2, 0.25) is 0 Å². The average Bonchev–Trinajstić information content (AvgIpc) is 2.30. The molecule has 0 aliphatic carbocycles. The number of anilines is 1. The first-order valence-corrected chi connectivity index (χ1v) is 6.57. The Morgan fingerprint density at radius 1 is 1.19 bits per heavy atom. The van der Waals surface area contributed by atoms with Gasteiger partial charge in [-0.25, -0.2) is 0 Å². The van der Waals surface area contributed by atoms with Crippen molar-refractivity contribution in [3.8, 4) is 0 Å². The van der Waals surface area contributed by atoms with E-state index >= 15 is 0 Å². The van der Waals surface area contributed by atoms with Crippen molar-refractivity contribution in [2.45, 2.75) is 47.5 Å². The fourth-order valence-electron chi connectivity index (χ4n) is 2.58. The van der Waals surface area contributed by atoms with Crippen LogP contribution in [0.3, 0.4) is 0 Å². The summed E-state index contributed by atoms with van der Waals surface area (Å²) in [6, 6.07) is 4.65. The molecule has 2 rings (SSSR count). The molecule has 0 aromatic heterocycles. The summed E-state index contributed by atoms with van der Waals surface area (Å²) in [5, 5.41) is 0. The molecule has 1 aliphatic rings. The van der Waals surface area contributed by atoms with Gasteiger partial charge in [-0.05, 0) is 44.7 Å². The lowest BCUT2D eigenvalue weighted by Crippen LogP contribution is -2.29. The van der Waals surface area contributed by atoms with Gasteiger partial charge in [-0.3, -0.25) is 0 Å². The van der Waals surface area contributed by atoms with E-state index in [1.807, 2.05) is 13.8 Å². The van der Waals surface area contributed by atoms with Crippen LogP contribution in [0, 0.1) is 13.8 Å². The molecular formula is C15H25N. The second kappa shape index (κ2) is 5.93. The quantitative estimate of drug-likeness (QED) is 0.687. The van der Waals surface area contributed by atoms with Crippen molar-refractivity contribution < 1.29 is 0 Å². The van der Waals surface area contributed by atoms with Gasteiger partial charge in [0, 0.05) is 18.8 Å². The maximum atomic E-state index is 2.51. The van der Waals surface area contributed by atoms with Crippen molar-refractivity contribution in [1.29, 1.82) is 0 Å². The van der Waals surface area contributed by atoms with Crippen molar-refractivity contribution in [2.75, 3.05) is 18.0 Å². The summed E-state index contributed by atoms with van der Waals surface area (Å²) < 4.78 is 0. The van der Waals surface area contributed by atoms with E-state index in [9.17, 15) is 0 Å². The van der Waals surface area contributed by atoms with E-state index in [4.69, 9.17) is 0 Å². The highest BCUT2D eigenvalue weighted by Gasteiger charge is 2.17. The van der Waals surface area contributed by atoms with Crippen molar-refractivity contribution >= 4 is 5.69 Å². The summed E-state index contributed by atoms with van der Waals surface area (Å²) in [5.41, 5.74) is 5.90. The SMILES string of the molecule is CC.CCN1CCCc2cc(C)cc(C)c21. The van der Waals surface area contributed by atoms with Crippen LogP contribution in [-0.4, -0.2) is 13.1 Å². The van der Waals surface area contributed by atoms with Crippen LogP contribution in [0.1, 0.15) is 43.9 Å². The van der Waals surface area contributed by atoms with E-state index in [1.54, 1.807) is 5.56 Å². The van der Waals surface area contributed by atoms with Gasteiger partial charge in [0.1, 0.15) is 0 Å². The molecule has 0 amide bonds. The molecule has 1 heteroatoms. The van der Waals surface area contributed by atoms with Crippen molar-refractivity contribution in [3.05, 3.63) is 28.8 Å². The minimum Gasteiger partial charge on any atom is -0.371 e.